The number of aryl methyl sites for hydroxylation is 1. The van der Waals surface area contributed by atoms with Gasteiger partial charge in [0.2, 0.25) is 11.8 Å². The standard InChI is InChI=1S/C21H32N6O5/c1-6-30-17-11-14(2)23-19(24-17)27-9-7-26(8-10-27)18(28)16-12-15(32-25-16)13-22-20(29)31-21(3,4)5/h11,15H,6-10,12-13H2,1-5H3,(H,22,29)/t15-/m0/s1. The third-order valence-electron chi connectivity index (χ3n) is 4.81. The van der Waals surface area contributed by atoms with Crippen LogP contribution in [0.4, 0.5) is 10.7 Å². The molecule has 11 heteroatoms. The Morgan fingerprint density at radius 1 is 1.22 bits per heavy atom. The van der Waals surface area contributed by atoms with E-state index < -0.39 is 11.7 Å². The number of amides is 2. The van der Waals surface area contributed by atoms with Crippen LogP contribution in [-0.2, 0) is 14.4 Å². The largest absolute Gasteiger partial charge is 0.478 e. The molecule has 1 saturated heterocycles. The topological polar surface area (TPSA) is 118 Å². The monoisotopic (exact) mass is 448 g/mol. The van der Waals surface area contributed by atoms with Crippen LogP contribution in [0.3, 0.4) is 0 Å². The first-order valence-corrected chi connectivity index (χ1v) is 10.9. The van der Waals surface area contributed by atoms with Crippen molar-refractivity contribution in [2.75, 3.05) is 44.2 Å². The average Bonchev–Trinajstić information content (AvgIpc) is 3.19. The average molecular weight is 449 g/mol. The van der Waals surface area contributed by atoms with E-state index >= 15 is 0 Å². The van der Waals surface area contributed by atoms with E-state index in [2.05, 4.69) is 20.4 Å². The quantitative estimate of drug-likeness (QED) is 0.696. The number of carbonyl (C=O) groups excluding carboxylic acids is 2. The number of aromatic nitrogens is 2. The smallest absolute Gasteiger partial charge is 0.407 e. The molecule has 1 aromatic rings. The Balaban J connectivity index is 1.46. The number of oxime groups is 1. The Kier molecular flexibility index (Phi) is 7.37. The molecule has 2 aliphatic heterocycles. The van der Waals surface area contributed by atoms with E-state index in [-0.39, 0.29) is 18.6 Å². The van der Waals surface area contributed by atoms with Gasteiger partial charge in [-0.05, 0) is 34.6 Å². The number of ether oxygens (including phenoxy) is 2. The summed E-state index contributed by atoms with van der Waals surface area (Å²) in [5, 5.41) is 6.59. The van der Waals surface area contributed by atoms with Crippen molar-refractivity contribution in [3.63, 3.8) is 0 Å². The zero-order chi connectivity index (χ0) is 23.3. The van der Waals surface area contributed by atoms with Gasteiger partial charge in [-0.1, -0.05) is 5.16 Å². The molecule has 0 aliphatic carbocycles. The number of alkyl carbamates (subject to hydrolysis) is 1. The maximum atomic E-state index is 12.8. The first-order valence-electron chi connectivity index (χ1n) is 10.9. The van der Waals surface area contributed by atoms with Gasteiger partial charge in [0.1, 0.15) is 11.3 Å². The van der Waals surface area contributed by atoms with Crippen LogP contribution in [0.25, 0.3) is 0 Å². The van der Waals surface area contributed by atoms with E-state index in [0.29, 0.717) is 56.7 Å². The Morgan fingerprint density at radius 2 is 1.94 bits per heavy atom. The third-order valence-corrected chi connectivity index (χ3v) is 4.81. The number of rotatable bonds is 6. The zero-order valence-corrected chi connectivity index (χ0v) is 19.4. The minimum atomic E-state index is -0.575. The molecule has 1 aromatic heterocycles. The number of carbonyl (C=O) groups is 2. The van der Waals surface area contributed by atoms with Gasteiger partial charge in [0.15, 0.2) is 6.10 Å². The number of hydrogen-bond acceptors (Lipinski definition) is 9. The molecule has 1 N–H and O–H groups in total. The highest BCUT2D eigenvalue weighted by Crippen LogP contribution is 2.18. The summed E-state index contributed by atoms with van der Waals surface area (Å²) >= 11 is 0. The third kappa shape index (κ3) is 6.44. The molecule has 176 valence electrons. The lowest BCUT2D eigenvalue weighted by Crippen LogP contribution is -2.51. The fraction of sp³-hybridized carbons (Fsp3) is 0.667. The normalized spacial score (nSPS) is 18.7. The van der Waals surface area contributed by atoms with Gasteiger partial charge in [-0.15, -0.1) is 0 Å². The predicted octanol–water partition coefficient (Wildman–Crippen LogP) is 1.50. The molecule has 2 amide bonds. The first-order chi connectivity index (χ1) is 15.1. The van der Waals surface area contributed by atoms with Gasteiger partial charge < -0.3 is 29.4 Å². The van der Waals surface area contributed by atoms with Crippen LogP contribution in [0.2, 0.25) is 0 Å². The fourth-order valence-electron chi connectivity index (χ4n) is 3.36. The SMILES string of the molecule is CCOc1cc(C)nc(N2CCN(C(=O)C3=NO[C@H](CNC(=O)OC(C)(C)C)C3)CC2)n1. The van der Waals surface area contributed by atoms with E-state index in [0.717, 1.165) is 5.69 Å². The molecule has 0 aromatic carbocycles. The first kappa shape index (κ1) is 23.6. The minimum absolute atomic E-state index is 0.149. The highest BCUT2D eigenvalue weighted by atomic mass is 16.6. The molecule has 11 nitrogen and oxygen atoms in total. The van der Waals surface area contributed by atoms with E-state index in [1.165, 1.54) is 0 Å². The van der Waals surface area contributed by atoms with Gasteiger partial charge in [-0.2, -0.15) is 4.98 Å². The maximum absolute atomic E-state index is 12.8. The van der Waals surface area contributed by atoms with Gasteiger partial charge in [0.05, 0.1) is 13.2 Å². The summed E-state index contributed by atoms with van der Waals surface area (Å²) in [4.78, 5) is 42.7. The van der Waals surface area contributed by atoms with Crippen molar-refractivity contribution in [2.24, 2.45) is 5.16 Å². The van der Waals surface area contributed by atoms with Crippen LogP contribution in [0, 0.1) is 6.92 Å². The number of hydrogen-bond donors (Lipinski definition) is 1. The van der Waals surface area contributed by atoms with Gasteiger partial charge in [-0.25, -0.2) is 9.78 Å². The van der Waals surface area contributed by atoms with E-state index in [1.54, 1.807) is 31.7 Å². The Bertz CT molecular complexity index is 861. The molecule has 1 atom stereocenters. The number of nitrogens with zero attached hydrogens (tertiary/aromatic N) is 5. The van der Waals surface area contributed by atoms with Crippen molar-refractivity contribution in [3.8, 4) is 5.88 Å². The second kappa shape index (κ2) is 10.0. The molecule has 0 saturated carbocycles. The lowest BCUT2D eigenvalue weighted by molar-refractivity contribution is -0.124. The molecule has 1 fully saturated rings. The molecule has 2 aliphatic rings. The summed E-state index contributed by atoms with van der Waals surface area (Å²) in [6, 6.07) is 1.80. The molecule has 3 heterocycles. The summed E-state index contributed by atoms with van der Waals surface area (Å²) in [6.07, 6.45) is -0.573. The highest BCUT2D eigenvalue weighted by molar-refractivity contribution is 6.39. The van der Waals surface area contributed by atoms with Gasteiger partial charge in [0, 0.05) is 44.4 Å². The van der Waals surface area contributed by atoms with Crippen molar-refractivity contribution >= 4 is 23.7 Å². The van der Waals surface area contributed by atoms with Crippen molar-refractivity contribution in [3.05, 3.63) is 11.8 Å². The molecular weight excluding hydrogens is 416 g/mol. The molecule has 0 radical (unpaired) electrons. The molecular formula is C21H32N6O5. The molecule has 0 unspecified atom stereocenters. The predicted molar refractivity (Wildman–Crippen MR) is 118 cm³/mol. The van der Waals surface area contributed by atoms with Crippen molar-refractivity contribution in [1.29, 1.82) is 0 Å². The van der Waals surface area contributed by atoms with Crippen LogP contribution < -0.4 is 15.0 Å². The summed E-state index contributed by atoms with van der Waals surface area (Å²) in [5.74, 6) is 1.01. The second-order valence-corrected chi connectivity index (χ2v) is 8.71. The lowest BCUT2D eigenvalue weighted by atomic mass is 10.1. The highest BCUT2D eigenvalue weighted by Gasteiger charge is 2.32. The van der Waals surface area contributed by atoms with E-state index in [9.17, 15) is 9.59 Å². The van der Waals surface area contributed by atoms with Gasteiger partial charge >= 0.3 is 6.09 Å². The van der Waals surface area contributed by atoms with Crippen LogP contribution in [0.5, 0.6) is 5.88 Å². The van der Waals surface area contributed by atoms with Crippen LogP contribution in [0.15, 0.2) is 11.2 Å². The molecule has 0 spiro atoms. The Morgan fingerprint density at radius 3 is 2.59 bits per heavy atom. The van der Waals surface area contributed by atoms with E-state index in [1.807, 2.05) is 18.7 Å². The van der Waals surface area contributed by atoms with Gasteiger partial charge in [0.25, 0.3) is 5.91 Å². The van der Waals surface area contributed by atoms with Crippen molar-refractivity contribution < 1.29 is 23.9 Å². The summed E-state index contributed by atoms with van der Waals surface area (Å²) in [7, 11) is 0. The Hall–Kier alpha value is -3.11. The number of piperazine rings is 1. The Labute approximate surface area is 188 Å². The zero-order valence-electron chi connectivity index (χ0n) is 19.4. The summed E-state index contributed by atoms with van der Waals surface area (Å²) in [5.41, 5.74) is 0.620. The minimum Gasteiger partial charge on any atom is -0.478 e. The van der Waals surface area contributed by atoms with Gasteiger partial charge in [-0.3, -0.25) is 4.79 Å². The van der Waals surface area contributed by atoms with Crippen LogP contribution >= 0.6 is 0 Å². The maximum Gasteiger partial charge on any atom is 0.407 e. The number of nitrogens with one attached hydrogen (secondary N) is 1. The molecule has 0 bridgehead atoms. The number of anilines is 1. The summed E-state index contributed by atoms with van der Waals surface area (Å²) in [6.45, 7) is 12.2. The second-order valence-electron chi connectivity index (χ2n) is 8.71. The van der Waals surface area contributed by atoms with Crippen molar-refractivity contribution in [2.45, 2.75) is 52.7 Å². The van der Waals surface area contributed by atoms with Crippen LogP contribution in [-0.4, -0.2) is 83.6 Å². The molecule has 32 heavy (non-hydrogen) atoms. The summed E-state index contributed by atoms with van der Waals surface area (Å²) < 4.78 is 10.7. The fourth-order valence-corrected chi connectivity index (χ4v) is 3.36. The van der Waals surface area contributed by atoms with Crippen LogP contribution in [0.1, 0.15) is 39.8 Å². The lowest BCUT2D eigenvalue weighted by Gasteiger charge is -2.34. The van der Waals surface area contributed by atoms with E-state index in [4.69, 9.17) is 14.3 Å². The van der Waals surface area contributed by atoms with Crippen molar-refractivity contribution in [1.82, 2.24) is 20.2 Å². The molecule has 3 rings (SSSR count).